The SMILES string of the molecule is CC(C)CCC(=O)NCC1CCCC1CBr. The fraction of sp³-hybridized carbons (Fsp3) is 0.923. The van der Waals surface area contributed by atoms with Crippen LogP contribution in [0, 0.1) is 17.8 Å². The van der Waals surface area contributed by atoms with Gasteiger partial charge in [0.2, 0.25) is 5.91 Å². The zero-order valence-electron chi connectivity index (χ0n) is 10.5. The first-order valence-corrected chi connectivity index (χ1v) is 7.58. The number of alkyl halides is 1. The van der Waals surface area contributed by atoms with E-state index in [4.69, 9.17) is 0 Å². The van der Waals surface area contributed by atoms with Crippen LogP contribution in [-0.2, 0) is 4.79 Å². The summed E-state index contributed by atoms with van der Waals surface area (Å²) in [5.41, 5.74) is 0. The number of rotatable bonds is 6. The third-order valence-corrected chi connectivity index (χ3v) is 4.36. The van der Waals surface area contributed by atoms with Crippen LogP contribution in [0.15, 0.2) is 0 Å². The van der Waals surface area contributed by atoms with Crippen molar-refractivity contribution in [1.82, 2.24) is 5.32 Å². The standard InChI is InChI=1S/C13H24BrNO/c1-10(2)6-7-13(16)15-9-12-5-3-4-11(12)8-14/h10-12H,3-9H2,1-2H3,(H,15,16). The van der Waals surface area contributed by atoms with E-state index in [1.54, 1.807) is 0 Å². The smallest absolute Gasteiger partial charge is 0.220 e. The molecule has 0 spiro atoms. The van der Waals surface area contributed by atoms with Crippen LogP contribution in [-0.4, -0.2) is 17.8 Å². The van der Waals surface area contributed by atoms with Crippen LogP contribution < -0.4 is 5.32 Å². The van der Waals surface area contributed by atoms with Crippen molar-refractivity contribution in [2.24, 2.45) is 17.8 Å². The molecule has 1 N–H and O–H groups in total. The Morgan fingerprint density at radius 2 is 2.06 bits per heavy atom. The Labute approximate surface area is 108 Å². The Balaban J connectivity index is 2.16. The molecule has 16 heavy (non-hydrogen) atoms. The molecule has 0 saturated heterocycles. The molecule has 0 aromatic rings. The van der Waals surface area contributed by atoms with Crippen molar-refractivity contribution in [1.29, 1.82) is 0 Å². The highest BCUT2D eigenvalue weighted by Gasteiger charge is 2.26. The summed E-state index contributed by atoms with van der Waals surface area (Å²) < 4.78 is 0. The molecular formula is C13H24BrNO. The zero-order chi connectivity index (χ0) is 12.0. The highest BCUT2D eigenvalue weighted by atomic mass is 79.9. The fourth-order valence-corrected chi connectivity index (χ4v) is 3.19. The zero-order valence-corrected chi connectivity index (χ0v) is 12.1. The minimum absolute atomic E-state index is 0.230. The number of amides is 1. The molecular weight excluding hydrogens is 266 g/mol. The molecule has 0 radical (unpaired) electrons. The first-order chi connectivity index (χ1) is 7.63. The van der Waals surface area contributed by atoms with Gasteiger partial charge in [-0.1, -0.05) is 36.2 Å². The van der Waals surface area contributed by atoms with Crippen molar-refractivity contribution < 1.29 is 4.79 Å². The van der Waals surface area contributed by atoms with Crippen molar-refractivity contribution in [2.45, 2.75) is 46.0 Å². The van der Waals surface area contributed by atoms with Gasteiger partial charge in [-0.15, -0.1) is 0 Å². The van der Waals surface area contributed by atoms with Crippen LogP contribution in [0.4, 0.5) is 0 Å². The minimum Gasteiger partial charge on any atom is -0.356 e. The first kappa shape index (κ1) is 14.0. The fourth-order valence-electron chi connectivity index (χ4n) is 2.34. The van der Waals surface area contributed by atoms with Gasteiger partial charge in [0.1, 0.15) is 0 Å². The van der Waals surface area contributed by atoms with Crippen molar-refractivity contribution in [3.05, 3.63) is 0 Å². The predicted molar refractivity (Wildman–Crippen MR) is 71.7 cm³/mol. The molecule has 3 heteroatoms. The van der Waals surface area contributed by atoms with E-state index in [1.165, 1.54) is 19.3 Å². The Morgan fingerprint density at radius 3 is 2.69 bits per heavy atom. The van der Waals surface area contributed by atoms with Gasteiger partial charge >= 0.3 is 0 Å². The van der Waals surface area contributed by atoms with Crippen molar-refractivity contribution in [2.75, 3.05) is 11.9 Å². The van der Waals surface area contributed by atoms with E-state index in [1.807, 2.05) is 0 Å². The topological polar surface area (TPSA) is 29.1 Å². The largest absolute Gasteiger partial charge is 0.356 e. The van der Waals surface area contributed by atoms with Crippen molar-refractivity contribution in [3.63, 3.8) is 0 Å². The molecule has 1 aliphatic carbocycles. The number of carbonyl (C=O) groups excluding carboxylic acids is 1. The van der Waals surface area contributed by atoms with Crippen LogP contribution in [0.2, 0.25) is 0 Å². The second kappa shape index (κ2) is 7.31. The molecule has 1 saturated carbocycles. The average molecular weight is 290 g/mol. The second-order valence-corrected chi connectivity index (χ2v) is 5.99. The van der Waals surface area contributed by atoms with Gasteiger partial charge in [-0.05, 0) is 37.0 Å². The third kappa shape index (κ3) is 4.86. The van der Waals surface area contributed by atoms with Gasteiger partial charge in [-0.25, -0.2) is 0 Å². The van der Waals surface area contributed by atoms with E-state index in [0.717, 1.165) is 24.2 Å². The number of halogens is 1. The lowest BCUT2D eigenvalue weighted by atomic mass is 9.98. The molecule has 2 unspecified atom stereocenters. The highest BCUT2D eigenvalue weighted by molar-refractivity contribution is 9.09. The van der Waals surface area contributed by atoms with Gasteiger partial charge in [0.05, 0.1) is 0 Å². The number of hydrogen-bond donors (Lipinski definition) is 1. The summed E-state index contributed by atoms with van der Waals surface area (Å²) in [7, 11) is 0. The van der Waals surface area contributed by atoms with Crippen LogP contribution in [0.3, 0.4) is 0 Å². The maximum Gasteiger partial charge on any atom is 0.220 e. The molecule has 0 aromatic carbocycles. The minimum atomic E-state index is 0.230. The Hall–Kier alpha value is -0.0500. The van der Waals surface area contributed by atoms with Crippen molar-refractivity contribution in [3.8, 4) is 0 Å². The van der Waals surface area contributed by atoms with E-state index < -0.39 is 0 Å². The summed E-state index contributed by atoms with van der Waals surface area (Å²) in [6.07, 6.45) is 5.60. The lowest BCUT2D eigenvalue weighted by molar-refractivity contribution is -0.121. The molecule has 2 atom stereocenters. The third-order valence-electron chi connectivity index (χ3n) is 3.52. The molecule has 94 valence electrons. The Kier molecular flexibility index (Phi) is 6.40. The monoisotopic (exact) mass is 289 g/mol. The summed E-state index contributed by atoms with van der Waals surface area (Å²) in [5, 5.41) is 4.17. The molecule has 0 heterocycles. The molecule has 2 nitrogen and oxygen atoms in total. The Bertz CT molecular complexity index is 218. The quantitative estimate of drug-likeness (QED) is 0.747. The summed E-state index contributed by atoms with van der Waals surface area (Å²) in [4.78, 5) is 11.6. The first-order valence-electron chi connectivity index (χ1n) is 6.46. The summed E-state index contributed by atoms with van der Waals surface area (Å²) >= 11 is 3.56. The van der Waals surface area contributed by atoms with E-state index in [-0.39, 0.29) is 5.91 Å². The van der Waals surface area contributed by atoms with Crippen LogP contribution in [0.25, 0.3) is 0 Å². The van der Waals surface area contributed by atoms with E-state index in [9.17, 15) is 4.79 Å². The van der Waals surface area contributed by atoms with Gasteiger partial charge in [0.15, 0.2) is 0 Å². The van der Waals surface area contributed by atoms with Crippen LogP contribution in [0.1, 0.15) is 46.0 Å². The molecule has 1 fully saturated rings. The lowest BCUT2D eigenvalue weighted by Gasteiger charge is -2.17. The lowest BCUT2D eigenvalue weighted by Crippen LogP contribution is -2.31. The summed E-state index contributed by atoms with van der Waals surface area (Å²) in [5.74, 6) is 2.31. The molecule has 0 aliphatic heterocycles. The van der Waals surface area contributed by atoms with Crippen LogP contribution in [0.5, 0.6) is 0 Å². The highest BCUT2D eigenvalue weighted by Crippen LogP contribution is 2.32. The van der Waals surface area contributed by atoms with E-state index in [2.05, 4.69) is 35.1 Å². The Morgan fingerprint density at radius 1 is 1.38 bits per heavy atom. The van der Waals surface area contributed by atoms with E-state index in [0.29, 0.717) is 18.3 Å². The molecule has 0 bridgehead atoms. The summed E-state index contributed by atoms with van der Waals surface area (Å²) in [6, 6.07) is 0. The average Bonchev–Trinajstić information content (AvgIpc) is 2.70. The maximum absolute atomic E-state index is 11.6. The number of nitrogens with one attached hydrogen (secondary N) is 1. The van der Waals surface area contributed by atoms with E-state index >= 15 is 0 Å². The second-order valence-electron chi connectivity index (χ2n) is 5.34. The summed E-state index contributed by atoms with van der Waals surface area (Å²) in [6.45, 7) is 5.20. The van der Waals surface area contributed by atoms with Crippen molar-refractivity contribution >= 4 is 21.8 Å². The molecule has 1 rings (SSSR count). The molecule has 1 aliphatic rings. The molecule has 0 aromatic heterocycles. The van der Waals surface area contributed by atoms with Gasteiger partial charge in [-0.2, -0.15) is 0 Å². The molecule has 1 amide bonds. The van der Waals surface area contributed by atoms with Gasteiger partial charge < -0.3 is 5.32 Å². The number of hydrogen-bond acceptors (Lipinski definition) is 1. The van der Waals surface area contributed by atoms with Gasteiger partial charge in [0, 0.05) is 18.3 Å². The number of carbonyl (C=O) groups is 1. The predicted octanol–water partition coefficient (Wildman–Crippen LogP) is 3.35. The van der Waals surface area contributed by atoms with Gasteiger partial charge in [0.25, 0.3) is 0 Å². The maximum atomic E-state index is 11.6. The van der Waals surface area contributed by atoms with Crippen LogP contribution >= 0.6 is 15.9 Å². The van der Waals surface area contributed by atoms with Gasteiger partial charge in [-0.3, -0.25) is 4.79 Å². The normalized spacial score (nSPS) is 25.0.